The molecule has 4 aromatic rings. The van der Waals surface area contributed by atoms with E-state index in [1.165, 1.54) is 61.4 Å². The largest absolute Gasteiger partial charge is 0.295 e. The van der Waals surface area contributed by atoms with Crippen molar-refractivity contribution in [1.82, 2.24) is 14.9 Å². The minimum absolute atomic E-state index is 0.278. The number of hydrogen-bond acceptors (Lipinski definition) is 3. The summed E-state index contributed by atoms with van der Waals surface area (Å²) in [5.74, 6) is 2.79. The van der Waals surface area contributed by atoms with Gasteiger partial charge in [0.05, 0.1) is 24.7 Å². The van der Waals surface area contributed by atoms with Gasteiger partial charge in [0.25, 0.3) is 5.82 Å². The van der Waals surface area contributed by atoms with Crippen LogP contribution in [0.25, 0.3) is 22.3 Å². The molecule has 2 aliphatic rings. The summed E-state index contributed by atoms with van der Waals surface area (Å²) >= 11 is 0. The summed E-state index contributed by atoms with van der Waals surface area (Å²) in [5.41, 5.74) is 5.82. The number of imidazole rings is 1. The van der Waals surface area contributed by atoms with Gasteiger partial charge in [-0.15, -0.1) is 0 Å². The third-order valence-electron chi connectivity index (χ3n) is 8.70. The van der Waals surface area contributed by atoms with Crippen LogP contribution in [0.5, 0.6) is 0 Å². The number of aromatic amines is 1. The molecule has 190 valence electrons. The molecular weight excluding hydrogens is 456 g/mol. The SMILES string of the molecule is C[n+]1c(-c2ccccc2)[nH]c2c1CN(CCC1CCC(CC(=O)c3cccc4ncccc34)CC1)CC2. The van der Waals surface area contributed by atoms with Gasteiger partial charge >= 0.3 is 0 Å². The molecule has 2 aromatic heterocycles. The number of ketones is 1. The zero-order valence-corrected chi connectivity index (χ0v) is 21.8. The number of rotatable bonds is 7. The molecular formula is C32H37N4O+. The van der Waals surface area contributed by atoms with E-state index in [0.717, 1.165) is 41.9 Å². The average molecular weight is 494 g/mol. The highest BCUT2D eigenvalue weighted by Crippen LogP contribution is 2.34. The molecule has 37 heavy (non-hydrogen) atoms. The maximum absolute atomic E-state index is 13.1. The molecule has 1 N–H and O–H groups in total. The van der Waals surface area contributed by atoms with E-state index in [9.17, 15) is 4.79 Å². The lowest BCUT2D eigenvalue weighted by molar-refractivity contribution is -0.668. The fraction of sp³-hybridized carbons (Fsp3) is 0.406. The Bertz CT molecular complexity index is 1380. The number of aromatic nitrogens is 3. The summed E-state index contributed by atoms with van der Waals surface area (Å²) in [6, 6.07) is 20.5. The minimum Gasteiger partial charge on any atom is -0.295 e. The number of benzene rings is 2. The van der Waals surface area contributed by atoms with Crippen LogP contribution in [0.2, 0.25) is 0 Å². The number of nitrogens with zero attached hydrogens (tertiary/aromatic N) is 3. The summed E-state index contributed by atoms with van der Waals surface area (Å²) in [4.78, 5) is 23.9. The summed E-state index contributed by atoms with van der Waals surface area (Å²) in [6.45, 7) is 3.33. The Morgan fingerprint density at radius 1 is 1.00 bits per heavy atom. The van der Waals surface area contributed by atoms with Crippen molar-refractivity contribution in [2.24, 2.45) is 18.9 Å². The minimum atomic E-state index is 0.278. The zero-order chi connectivity index (χ0) is 25.2. The molecule has 0 atom stereocenters. The Balaban J connectivity index is 0.997. The maximum Gasteiger partial charge on any atom is 0.286 e. The van der Waals surface area contributed by atoms with Gasteiger partial charge in [0.1, 0.15) is 5.69 Å². The smallest absolute Gasteiger partial charge is 0.286 e. The van der Waals surface area contributed by atoms with Crippen molar-refractivity contribution in [3.05, 3.63) is 83.8 Å². The number of carbonyl (C=O) groups is 1. The molecule has 0 radical (unpaired) electrons. The summed E-state index contributed by atoms with van der Waals surface area (Å²) in [6.07, 6.45) is 9.69. The number of Topliss-reactive ketones (excluding diaryl/α,β-unsaturated/α-hetero) is 1. The van der Waals surface area contributed by atoms with Crippen molar-refractivity contribution in [2.75, 3.05) is 13.1 Å². The van der Waals surface area contributed by atoms with E-state index in [1.54, 1.807) is 6.20 Å². The monoisotopic (exact) mass is 493 g/mol. The van der Waals surface area contributed by atoms with Crippen molar-refractivity contribution in [3.8, 4) is 11.4 Å². The molecule has 1 fully saturated rings. The number of hydrogen-bond donors (Lipinski definition) is 1. The first-order chi connectivity index (χ1) is 18.2. The molecule has 1 aliphatic heterocycles. The van der Waals surface area contributed by atoms with Gasteiger partial charge in [-0.2, -0.15) is 0 Å². The van der Waals surface area contributed by atoms with Gasteiger partial charge in [-0.25, -0.2) is 9.55 Å². The number of fused-ring (bicyclic) bond motifs is 2. The molecule has 2 aromatic carbocycles. The molecule has 5 heteroatoms. The predicted molar refractivity (Wildman–Crippen MR) is 147 cm³/mol. The Morgan fingerprint density at radius 3 is 2.65 bits per heavy atom. The number of carbonyl (C=O) groups excluding carboxylic acids is 1. The van der Waals surface area contributed by atoms with Crippen LogP contribution in [0.1, 0.15) is 60.3 Å². The van der Waals surface area contributed by atoms with Crippen LogP contribution in [0.15, 0.2) is 66.9 Å². The average Bonchev–Trinajstić information content (AvgIpc) is 3.28. The van der Waals surface area contributed by atoms with Crippen LogP contribution in [0.4, 0.5) is 0 Å². The molecule has 3 heterocycles. The fourth-order valence-corrected chi connectivity index (χ4v) is 6.47. The summed E-state index contributed by atoms with van der Waals surface area (Å²) in [5, 5.41) is 0.986. The standard InChI is InChI=1S/C32H36N4O/c1-35-30-22-36(20-17-29(30)34-32(35)25-7-3-2-4-8-25)19-16-23-12-14-24(15-13-23)21-31(37)27-9-5-11-28-26(27)10-6-18-33-28/h2-11,18,23-24H,12-17,19-22H2,1H3/p+1. The van der Waals surface area contributed by atoms with Gasteiger partial charge in [-0.3, -0.25) is 14.7 Å². The van der Waals surface area contributed by atoms with E-state index in [2.05, 4.69) is 56.8 Å². The normalized spacial score (nSPS) is 20.1. The van der Waals surface area contributed by atoms with Crippen LogP contribution in [-0.2, 0) is 20.0 Å². The molecule has 0 saturated heterocycles. The Kier molecular flexibility index (Phi) is 6.88. The fourth-order valence-electron chi connectivity index (χ4n) is 6.47. The molecule has 6 rings (SSSR count). The summed E-state index contributed by atoms with van der Waals surface area (Å²) in [7, 11) is 2.19. The van der Waals surface area contributed by atoms with Crippen molar-refractivity contribution in [1.29, 1.82) is 0 Å². The second kappa shape index (κ2) is 10.6. The van der Waals surface area contributed by atoms with Gasteiger partial charge < -0.3 is 0 Å². The molecule has 0 bridgehead atoms. The quantitative estimate of drug-likeness (QED) is 0.258. The van der Waals surface area contributed by atoms with Gasteiger partial charge in [0, 0.05) is 36.5 Å². The molecule has 0 spiro atoms. The van der Waals surface area contributed by atoms with Crippen LogP contribution < -0.4 is 4.57 Å². The van der Waals surface area contributed by atoms with Gasteiger partial charge in [0.2, 0.25) is 0 Å². The Labute approximate surface area is 219 Å². The topological polar surface area (TPSA) is 52.9 Å². The lowest BCUT2D eigenvalue weighted by atomic mass is 9.78. The first-order valence-corrected chi connectivity index (χ1v) is 13.9. The second-order valence-electron chi connectivity index (χ2n) is 11.0. The van der Waals surface area contributed by atoms with E-state index in [4.69, 9.17) is 0 Å². The molecule has 0 amide bonds. The van der Waals surface area contributed by atoms with Gasteiger partial charge in [-0.05, 0) is 61.9 Å². The van der Waals surface area contributed by atoms with E-state index >= 15 is 0 Å². The third kappa shape index (κ3) is 5.10. The molecule has 5 nitrogen and oxygen atoms in total. The van der Waals surface area contributed by atoms with Gasteiger partial charge in [0.15, 0.2) is 11.5 Å². The number of H-pyrrole nitrogens is 1. The lowest BCUT2D eigenvalue weighted by Gasteiger charge is -2.31. The highest BCUT2D eigenvalue weighted by atomic mass is 16.1. The molecule has 0 unspecified atom stereocenters. The summed E-state index contributed by atoms with van der Waals surface area (Å²) < 4.78 is 2.35. The van der Waals surface area contributed by atoms with Crippen LogP contribution >= 0.6 is 0 Å². The Hall–Kier alpha value is -3.31. The van der Waals surface area contributed by atoms with Crippen molar-refractivity contribution < 1.29 is 9.36 Å². The number of pyridine rings is 1. The molecule has 1 aliphatic carbocycles. The van der Waals surface area contributed by atoms with Crippen molar-refractivity contribution in [2.45, 2.75) is 51.5 Å². The van der Waals surface area contributed by atoms with E-state index < -0.39 is 0 Å². The van der Waals surface area contributed by atoms with Gasteiger partial charge in [-0.1, -0.05) is 49.2 Å². The third-order valence-corrected chi connectivity index (χ3v) is 8.70. The highest BCUT2D eigenvalue weighted by molar-refractivity contribution is 6.07. The van der Waals surface area contributed by atoms with Crippen molar-refractivity contribution >= 4 is 16.7 Å². The van der Waals surface area contributed by atoms with E-state index in [1.807, 2.05) is 30.3 Å². The van der Waals surface area contributed by atoms with E-state index in [0.29, 0.717) is 12.3 Å². The van der Waals surface area contributed by atoms with Crippen LogP contribution in [-0.4, -0.2) is 33.7 Å². The zero-order valence-electron chi connectivity index (χ0n) is 21.8. The van der Waals surface area contributed by atoms with Crippen LogP contribution in [0.3, 0.4) is 0 Å². The van der Waals surface area contributed by atoms with Crippen LogP contribution in [0, 0.1) is 11.8 Å². The number of nitrogens with one attached hydrogen (secondary N) is 1. The lowest BCUT2D eigenvalue weighted by Crippen LogP contribution is -2.41. The first-order valence-electron chi connectivity index (χ1n) is 13.9. The molecule has 1 saturated carbocycles. The first kappa shape index (κ1) is 24.1. The van der Waals surface area contributed by atoms with E-state index in [-0.39, 0.29) is 5.78 Å². The van der Waals surface area contributed by atoms with Crippen molar-refractivity contribution in [3.63, 3.8) is 0 Å². The highest BCUT2D eigenvalue weighted by Gasteiger charge is 2.30. The Morgan fingerprint density at radius 2 is 1.81 bits per heavy atom. The second-order valence-corrected chi connectivity index (χ2v) is 11.0. The predicted octanol–water partition coefficient (Wildman–Crippen LogP) is 5.88. The maximum atomic E-state index is 13.1.